The molecule has 0 fully saturated rings. The van der Waals surface area contributed by atoms with Gasteiger partial charge in [-0.3, -0.25) is 0 Å². The Morgan fingerprint density at radius 3 is 2.87 bits per heavy atom. The van der Waals surface area contributed by atoms with Crippen molar-refractivity contribution in [2.24, 2.45) is 0 Å². The second-order valence-electron chi connectivity index (χ2n) is 3.18. The van der Waals surface area contributed by atoms with Crippen molar-refractivity contribution in [3.05, 3.63) is 22.4 Å². The largest absolute Gasteiger partial charge is 0.465 e. The number of rotatable bonds is 5. The Kier molecular flexibility index (Phi) is 4.58. The van der Waals surface area contributed by atoms with Crippen molar-refractivity contribution in [3.8, 4) is 0 Å². The molecule has 84 valence electrons. The second kappa shape index (κ2) is 5.72. The van der Waals surface area contributed by atoms with Crippen molar-refractivity contribution in [1.82, 2.24) is 4.90 Å². The van der Waals surface area contributed by atoms with Crippen LogP contribution in [0, 0.1) is 0 Å². The minimum Gasteiger partial charge on any atom is -0.465 e. The zero-order valence-corrected chi connectivity index (χ0v) is 9.41. The van der Waals surface area contributed by atoms with E-state index in [2.05, 4.69) is 0 Å². The van der Waals surface area contributed by atoms with E-state index in [1.165, 1.54) is 16.2 Å². The smallest absolute Gasteiger partial charge is 0.407 e. The van der Waals surface area contributed by atoms with Gasteiger partial charge in [0.05, 0.1) is 6.10 Å². The Bertz CT molecular complexity index is 300. The number of carbonyl (C=O) groups is 1. The predicted molar refractivity (Wildman–Crippen MR) is 59.2 cm³/mol. The minimum atomic E-state index is -0.934. The summed E-state index contributed by atoms with van der Waals surface area (Å²) in [4.78, 5) is 12.9. The van der Waals surface area contributed by atoms with Crippen molar-refractivity contribution in [2.45, 2.75) is 19.4 Å². The van der Waals surface area contributed by atoms with Gasteiger partial charge >= 0.3 is 6.09 Å². The number of nitrogens with zero attached hydrogens (tertiary/aromatic N) is 1. The molecule has 2 N–H and O–H groups in total. The summed E-state index contributed by atoms with van der Waals surface area (Å²) < 4.78 is 0. The summed E-state index contributed by atoms with van der Waals surface area (Å²) in [5.41, 5.74) is 0. The summed E-state index contributed by atoms with van der Waals surface area (Å²) in [5, 5.41) is 20.4. The van der Waals surface area contributed by atoms with Gasteiger partial charge in [0.25, 0.3) is 0 Å². The van der Waals surface area contributed by atoms with Gasteiger partial charge in [-0.2, -0.15) is 0 Å². The van der Waals surface area contributed by atoms with E-state index in [0.717, 1.165) is 4.88 Å². The fourth-order valence-electron chi connectivity index (χ4n) is 1.29. The van der Waals surface area contributed by atoms with Gasteiger partial charge in [-0.05, 0) is 24.8 Å². The van der Waals surface area contributed by atoms with Gasteiger partial charge < -0.3 is 15.1 Å². The lowest BCUT2D eigenvalue weighted by Gasteiger charge is -2.18. The van der Waals surface area contributed by atoms with Gasteiger partial charge in [0.1, 0.15) is 0 Å². The summed E-state index contributed by atoms with van der Waals surface area (Å²) in [6.07, 6.45) is -1.05. The lowest BCUT2D eigenvalue weighted by Crippen LogP contribution is -2.30. The van der Waals surface area contributed by atoms with E-state index < -0.39 is 12.2 Å². The molecule has 4 nitrogen and oxygen atoms in total. The van der Waals surface area contributed by atoms with Gasteiger partial charge in [-0.25, -0.2) is 4.79 Å². The summed E-state index contributed by atoms with van der Waals surface area (Å²) in [7, 11) is 0. The molecule has 0 aromatic carbocycles. The Labute approximate surface area is 92.8 Å². The van der Waals surface area contributed by atoms with E-state index in [9.17, 15) is 9.90 Å². The fraction of sp³-hybridized carbons (Fsp3) is 0.500. The van der Waals surface area contributed by atoms with Crippen molar-refractivity contribution in [3.63, 3.8) is 0 Å². The third kappa shape index (κ3) is 3.53. The zero-order chi connectivity index (χ0) is 11.3. The van der Waals surface area contributed by atoms with Gasteiger partial charge in [-0.15, -0.1) is 11.3 Å². The van der Waals surface area contributed by atoms with Crippen LogP contribution in [0.4, 0.5) is 4.79 Å². The first-order valence-electron chi connectivity index (χ1n) is 4.84. The van der Waals surface area contributed by atoms with Crippen LogP contribution in [0.1, 0.15) is 24.3 Å². The molecule has 0 spiro atoms. The highest BCUT2D eigenvalue weighted by atomic mass is 32.1. The molecule has 0 saturated carbocycles. The standard InChI is InChI=1S/C10H15NO3S/c1-2-11(10(13)14)6-5-8(12)9-4-3-7-15-9/h3-4,7-8,12H,2,5-6H2,1H3,(H,13,14). The highest BCUT2D eigenvalue weighted by Crippen LogP contribution is 2.21. The molecule has 0 bridgehead atoms. The molecule has 15 heavy (non-hydrogen) atoms. The molecule has 0 radical (unpaired) electrons. The van der Waals surface area contributed by atoms with Crippen molar-refractivity contribution < 1.29 is 15.0 Å². The topological polar surface area (TPSA) is 60.8 Å². The average molecular weight is 229 g/mol. The first kappa shape index (κ1) is 12.0. The molecule has 1 unspecified atom stereocenters. The van der Waals surface area contributed by atoms with Crippen LogP contribution in [0.3, 0.4) is 0 Å². The number of amides is 1. The molecule has 0 saturated heterocycles. The van der Waals surface area contributed by atoms with Crippen molar-refractivity contribution >= 4 is 17.4 Å². The summed E-state index contributed by atoms with van der Waals surface area (Å²) in [6.45, 7) is 2.60. The quantitative estimate of drug-likeness (QED) is 0.813. The third-order valence-electron chi connectivity index (χ3n) is 2.20. The normalized spacial score (nSPS) is 12.4. The van der Waals surface area contributed by atoms with E-state index in [-0.39, 0.29) is 0 Å². The highest BCUT2D eigenvalue weighted by molar-refractivity contribution is 7.10. The molecule has 0 aliphatic carbocycles. The van der Waals surface area contributed by atoms with Crippen LogP contribution in [0.2, 0.25) is 0 Å². The molecule has 1 amide bonds. The lowest BCUT2D eigenvalue weighted by molar-refractivity contribution is 0.125. The average Bonchev–Trinajstić information content (AvgIpc) is 2.70. The van der Waals surface area contributed by atoms with E-state index >= 15 is 0 Å². The van der Waals surface area contributed by atoms with Crippen LogP contribution in [-0.4, -0.2) is 34.3 Å². The second-order valence-corrected chi connectivity index (χ2v) is 4.16. The summed E-state index contributed by atoms with van der Waals surface area (Å²) >= 11 is 1.48. The SMILES string of the molecule is CCN(CCC(O)c1cccs1)C(=O)O. The lowest BCUT2D eigenvalue weighted by atomic mass is 10.2. The monoisotopic (exact) mass is 229 g/mol. The molecule has 1 aromatic rings. The molecule has 1 atom stereocenters. The number of hydrogen-bond donors (Lipinski definition) is 2. The van der Waals surface area contributed by atoms with Gasteiger partial charge in [-0.1, -0.05) is 6.07 Å². The number of hydrogen-bond acceptors (Lipinski definition) is 3. The Hall–Kier alpha value is -1.07. The van der Waals surface area contributed by atoms with Crippen LogP contribution < -0.4 is 0 Å². The van der Waals surface area contributed by atoms with Crippen molar-refractivity contribution in [1.29, 1.82) is 0 Å². The predicted octanol–water partition coefficient (Wildman–Crippen LogP) is 2.17. The van der Waals surface area contributed by atoms with Crippen LogP contribution in [0.5, 0.6) is 0 Å². The van der Waals surface area contributed by atoms with Crippen LogP contribution in [0.25, 0.3) is 0 Å². The molecule has 1 aromatic heterocycles. The first-order chi connectivity index (χ1) is 7.15. The number of aliphatic hydroxyl groups excluding tert-OH is 1. The Morgan fingerprint density at radius 2 is 2.40 bits per heavy atom. The molecular weight excluding hydrogens is 214 g/mol. The fourth-order valence-corrected chi connectivity index (χ4v) is 2.04. The maximum atomic E-state index is 10.7. The maximum Gasteiger partial charge on any atom is 0.407 e. The van der Waals surface area contributed by atoms with E-state index in [0.29, 0.717) is 19.5 Å². The number of aliphatic hydroxyl groups is 1. The highest BCUT2D eigenvalue weighted by Gasteiger charge is 2.13. The Morgan fingerprint density at radius 1 is 1.67 bits per heavy atom. The zero-order valence-electron chi connectivity index (χ0n) is 8.59. The number of thiophene rings is 1. The van der Waals surface area contributed by atoms with E-state index in [1.54, 1.807) is 6.92 Å². The van der Waals surface area contributed by atoms with Crippen LogP contribution >= 0.6 is 11.3 Å². The van der Waals surface area contributed by atoms with Gasteiger partial charge in [0.15, 0.2) is 0 Å². The number of carboxylic acid groups (broad SMARTS) is 1. The molecule has 0 aliphatic heterocycles. The summed E-state index contributed by atoms with van der Waals surface area (Å²) in [6, 6.07) is 3.73. The van der Waals surface area contributed by atoms with Crippen LogP contribution in [0.15, 0.2) is 17.5 Å². The molecule has 1 rings (SSSR count). The van der Waals surface area contributed by atoms with Crippen LogP contribution in [-0.2, 0) is 0 Å². The van der Waals surface area contributed by atoms with E-state index in [4.69, 9.17) is 5.11 Å². The molecule has 1 heterocycles. The van der Waals surface area contributed by atoms with E-state index in [1.807, 2.05) is 17.5 Å². The Balaban J connectivity index is 2.39. The minimum absolute atomic E-state index is 0.366. The summed E-state index contributed by atoms with van der Waals surface area (Å²) in [5.74, 6) is 0. The van der Waals surface area contributed by atoms with Gasteiger partial charge in [0, 0.05) is 18.0 Å². The molecular formula is C10H15NO3S. The van der Waals surface area contributed by atoms with Crippen molar-refractivity contribution in [2.75, 3.05) is 13.1 Å². The molecule has 0 aliphatic rings. The third-order valence-corrected chi connectivity index (χ3v) is 3.17. The van der Waals surface area contributed by atoms with Gasteiger partial charge in [0.2, 0.25) is 0 Å². The first-order valence-corrected chi connectivity index (χ1v) is 5.72. The molecule has 5 heteroatoms. The maximum absolute atomic E-state index is 10.7.